The van der Waals surface area contributed by atoms with Gasteiger partial charge in [0, 0.05) is 11.9 Å². The zero-order valence-corrected chi connectivity index (χ0v) is 20.3. The Bertz CT molecular complexity index is 1470. The Balaban J connectivity index is 1.89. The number of carbonyl (C=O) groups is 2. The molecule has 1 aliphatic rings. The Morgan fingerprint density at radius 2 is 1.82 bits per heavy atom. The zero-order valence-electron chi connectivity index (χ0n) is 18.7. The number of nitrogens with zero attached hydrogens (tertiary/aromatic N) is 2. The van der Waals surface area contributed by atoms with Crippen LogP contribution in [0.25, 0.3) is 6.08 Å². The van der Waals surface area contributed by atoms with Gasteiger partial charge in [-0.15, -0.1) is 0 Å². The number of thiazole rings is 1. The van der Waals surface area contributed by atoms with Crippen molar-refractivity contribution < 1.29 is 19.1 Å². The number of esters is 2. The summed E-state index contributed by atoms with van der Waals surface area (Å²) in [5.41, 5.74) is 1.96. The smallest absolute Gasteiger partial charge is 0.338 e. The number of carbonyl (C=O) groups excluding carboxylic acids is 2. The van der Waals surface area contributed by atoms with Crippen molar-refractivity contribution in [2.24, 2.45) is 4.99 Å². The van der Waals surface area contributed by atoms with Crippen LogP contribution in [-0.2, 0) is 14.3 Å². The Morgan fingerprint density at radius 3 is 2.44 bits per heavy atom. The molecule has 0 fully saturated rings. The van der Waals surface area contributed by atoms with Crippen LogP contribution in [0.5, 0.6) is 5.75 Å². The number of rotatable bonds is 5. The maximum Gasteiger partial charge on any atom is 0.338 e. The van der Waals surface area contributed by atoms with E-state index >= 15 is 0 Å². The molecule has 4 rings (SSSR count). The average Bonchev–Trinajstić information content (AvgIpc) is 3.09. The third kappa shape index (κ3) is 4.73. The minimum atomic E-state index is -0.742. The van der Waals surface area contributed by atoms with E-state index < -0.39 is 18.0 Å². The molecule has 0 saturated heterocycles. The van der Waals surface area contributed by atoms with E-state index in [4.69, 9.17) is 21.1 Å². The van der Waals surface area contributed by atoms with Crippen LogP contribution in [0.15, 0.2) is 69.6 Å². The third-order valence-corrected chi connectivity index (χ3v) is 6.38. The Morgan fingerprint density at radius 1 is 1.15 bits per heavy atom. The highest BCUT2D eigenvalue weighted by Crippen LogP contribution is 2.31. The van der Waals surface area contributed by atoms with E-state index in [-0.39, 0.29) is 17.7 Å². The van der Waals surface area contributed by atoms with Gasteiger partial charge in [-0.05, 0) is 55.3 Å². The first kappa shape index (κ1) is 23.7. The summed E-state index contributed by atoms with van der Waals surface area (Å²) in [5, 5.41) is 0.602. The topological polar surface area (TPSA) is 87.0 Å². The van der Waals surface area contributed by atoms with Gasteiger partial charge in [0.1, 0.15) is 5.75 Å². The number of benzene rings is 2. The molecule has 1 aromatic heterocycles. The summed E-state index contributed by atoms with van der Waals surface area (Å²) in [7, 11) is 0. The predicted molar refractivity (Wildman–Crippen MR) is 130 cm³/mol. The third-order valence-electron chi connectivity index (χ3n) is 5.14. The van der Waals surface area contributed by atoms with Gasteiger partial charge >= 0.3 is 11.9 Å². The lowest BCUT2D eigenvalue weighted by Gasteiger charge is -2.24. The first-order chi connectivity index (χ1) is 16.3. The van der Waals surface area contributed by atoms with Crippen molar-refractivity contribution in [3.63, 3.8) is 0 Å². The fraction of sp³-hybridized carbons (Fsp3) is 0.200. The van der Waals surface area contributed by atoms with Gasteiger partial charge < -0.3 is 9.47 Å². The quantitative estimate of drug-likeness (QED) is 0.399. The minimum absolute atomic E-state index is 0.189. The number of halogens is 1. The lowest BCUT2D eigenvalue weighted by Crippen LogP contribution is -2.39. The van der Waals surface area contributed by atoms with E-state index in [9.17, 15) is 14.4 Å². The molecule has 0 saturated carbocycles. The van der Waals surface area contributed by atoms with E-state index in [2.05, 4.69) is 4.99 Å². The highest BCUT2D eigenvalue weighted by atomic mass is 35.5. The lowest BCUT2D eigenvalue weighted by molar-refractivity contribution is -0.139. The van der Waals surface area contributed by atoms with Crippen LogP contribution in [0.2, 0.25) is 5.02 Å². The van der Waals surface area contributed by atoms with Crippen molar-refractivity contribution in [3.8, 4) is 5.75 Å². The second-order valence-corrected chi connectivity index (χ2v) is 8.96. The normalized spacial score (nSPS) is 15.5. The summed E-state index contributed by atoms with van der Waals surface area (Å²) in [4.78, 5) is 42.7. The SMILES string of the molecule is CCOC(=O)C1=C(C)N=c2s/c(=C\c3ccc(Cl)cc3)c(=O)n2[C@@H]1c1ccc(OC(C)=O)cc1. The highest BCUT2D eigenvalue weighted by Gasteiger charge is 2.33. The molecule has 3 aromatic rings. The summed E-state index contributed by atoms with van der Waals surface area (Å²) in [5.74, 6) is -0.611. The van der Waals surface area contributed by atoms with E-state index in [1.54, 1.807) is 56.3 Å². The standard InChI is InChI=1S/C25H21ClN2O5S/c1-4-32-24(31)21-14(2)27-25-28(22(21)17-7-11-19(12-8-17)33-15(3)29)23(30)20(34-25)13-16-5-9-18(26)10-6-16/h5-13,22H,4H2,1-3H3/b20-13-/t22-/m1/s1. The number of aromatic nitrogens is 1. The monoisotopic (exact) mass is 496 g/mol. The van der Waals surface area contributed by atoms with Gasteiger partial charge in [-0.2, -0.15) is 0 Å². The maximum absolute atomic E-state index is 13.5. The minimum Gasteiger partial charge on any atom is -0.463 e. The van der Waals surface area contributed by atoms with Gasteiger partial charge in [0.05, 0.1) is 28.5 Å². The zero-order chi connectivity index (χ0) is 24.4. The van der Waals surface area contributed by atoms with Crippen molar-refractivity contribution in [2.75, 3.05) is 6.61 Å². The number of hydrogen-bond donors (Lipinski definition) is 0. The molecule has 9 heteroatoms. The van der Waals surface area contributed by atoms with Crippen LogP contribution in [0, 0.1) is 0 Å². The molecule has 0 bridgehead atoms. The maximum atomic E-state index is 13.5. The molecule has 174 valence electrons. The van der Waals surface area contributed by atoms with Gasteiger partial charge in [0.15, 0.2) is 4.80 Å². The molecule has 0 spiro atoms. The second-order valence-electron chi connectivity index (χ2n) is 7.52. The summed E-state index contributed by atoms with van der Waals surface area (Å²) in [6.45, 7) is 4.95. The fourth-order valence-corrected chi connectivity index (χ4v) is 4.87. The molecule has 1 atom stereocenters. The Hall–Kier alpha value is -3.49. The molecule has 1 aliphatic heterocycles. The van der Waals surface area contributed by atoms with Crippen LogP contribution in [0.4, 0.5) is 0 Å². The Labute approximate surface area is 204 Å². The summed E-state index contributed by atoms with van der Waals surface area (Å²) >= 11 is 7.21. The molecule has 2 aromatic carbocycles. The molecule has 2 heterocycles. The largest absolute Gasteiger partial charge is 0.463 e. The van der Waals surface area contributed by atoms with Crippen LogP contribution in [0.3, 0.4) is 0 Å². The number of fused-ring (bicyclic) bond motifs is 1. The molecular weight excluding hydrogens is 476 g/mol. The lowest BCUT2D eigenvalue weighted by atomic mass is 9.96. The van der Waals surface area contributed by atoms with Gasteiger partial charge in [0.25, 0.3) is 5.56 Å². The number of allylic oxidation sites excluding steroid dienone is 1. The van der Waals surface area contributed by atoms with Gasteiger partial charge in [-0.1, -0.05) is 47.2 Å². The van der Waals surface area contributed by atoms with Crippen molar-refractivity contribution in [2.45, 2.75) is 26.8 Å². The second kappa shape index (κ2) is 9.79. The van der Waals surface area contributed by atoms with Crippen LogP contribution in [0.1, 0.15) is 37.9 Å². The fourth-order valence-electron chi connectivity index (χ4n) is 3.70. The average molecular weight is 497 g/mol. The van der Waals surface area contributed by atoms with E-state index in [1.807, 2.05) is 12.1 Å². The van der Waals surface area contributed by atoms with Crippen LogP contribution < -0.4 is 19.6 Å². The van der Waals surface area contributed by atoms with E-state index in [1.165, 1.54) is 22.8 Å². The van der Waals surface area contributed by atoms with E-state index in [0.717, 1.165) is 5.56 Å². The number of hydrogen-bond acceptors (Lipinski definition) is 7. The predicted octanol–water partition coefficient (Wildman–Crippen LogP) is 3.38. The van der Waals surface area contributed by atoms with Crippen molar-refractivity contribution in [1.29, 1.82) is 0 Å². The molecular formula is C25H21ClN2O5S. The van der Waals surface area contributed by atoms with Gasteiger partial charge in [-0.25, -0.2) is 9.79 Å². The number of ether oxygens (including phenoxy) is 2. The molecule has 7 nitrogen and oxygen atoms in total. The van der Waals surface area contributed by atoms with Gasteiger partial charge in [-0.3, -0.25) is 14.2 Å². The highest BCUT2D eigenvalue weighted by molar-refractivity contribution is 7.07. The molecule has 0 N–H and O–H groups in total. The molecule has 0 radical (unpaired) electrons. The van der Waals surface area contributed by atoms with Gasteiger partial charge in [0.2, 0.25) is 0 Å². The Kier molecular flexibility index (Phi) is 6.81. The van der Waals surface area contributed by atoms with Crippen LogP contribution in [-0.4, -0.2) is 23.1 Å². The van der Waals surface area contributed by atoms with Crippen molar-refractivity contribution in [3.05, 3.63) is 95.6 Å². The summed E-state index contributed by atoms with van der Waals surface area (Å²) in [6, 6.07) is 13.1. The molecule has 0 amide bonds. The molecule has 0 aliphatic carbocycles. The summed E-state index contributed by atoms with van der Waals surface area (Å²) < 4.78 is 12.4. The molecule has 0 unspecified atom stereocenters. The van der Waals surface area contributed by atoms with E-state index in [0.29, 0.717) is 31.4 Å². The first-order valence-electron chi connectivity index (χ1n) is 10.5. The summed E-state index contributed by atoms with van der Waals surface area (Å²) in [6.07, 6.45) is 1.77. The molecule has 34 heavy (non-hydrogen) atoms. The van der Waals surface area contributed by atoms with Crippen LogP contribution >= 0.6 is 22.9 Å². The van der Waals surface area contributed by atoms with Crippen molar-refractivity contribution in [1.82, 2.24) is 4.57 Å². The first-order valence-corrected chi connectivity index (χ1v) is 11.7. The van der Waals surface area contributed by atoms with Crippen molar-refractivity contribution >= 4 is 41.0 Å².